The number of carbonyl (C=O) groups is 2. The number of benzene rings is 2. The summed E-state index contributed by atoms with van der Waals surface area (Å²) in [6, 6.07) is 14.7. The summed E-state index contributed by atoms with van der Waals surface area (Å²) in [5.41, 5.74) is 1.91. The van der Waals surface area contributed by atoms with Crippen LogP contribution >= 0.6 is 23.4 Å². The van der Waals surface area contributed by atoms with Gasteiger partial charge < -0.3 is 15.0 Å². The van der Waals surface area contributed by atoms with E-state index in [9.17, 15) is 9.59 Å². The van der Waals surface area contributed by atoms with Crippen LogP contribution in [-0.2, 0) is 21.9 Å². The Morgan fingerprint density at radius 3 is 2.55 bits per heavy atom. The molecular weight excluding hydrogens is 432 g/mol. The minimum Gasteiger partial charge on any atom is -0.497 e. The SMILES string of the molecule is CC[C@H](C(=O)NC(C)C)N(Cc1cccc(OC)c1)C(=O)CSCc1ccccc1Cl. The molecule has 2 aromatic carbocycles. The number of thioether (sulfide) groups is 1. The number of nitrogens with zero attached hydrogens (tertiary/aromatic N) is 1. The summed E-state index contributed by atoms with van der Waals surface area (Å²) in [6.07, 6.45) is 0.531. The molecule has 0 saturated heterocycles. The molecule has 0 unspecified atom stereocenters. The third-order valence-electron chi connectivity index (χ3n) is 4.74. The van der Waals surface area contributed by atoms with E-state index in [0.717, 1.165) is 16.9 Å². The molecule has 0 bridgehead atoms. The summed E-state index contributed by atoms with van der Waals surface area (Å²) in [6.45, 7) is 6.09. The van der Waals surface area contributed by atoms with Crippen molar-refractivity contribution in [3.8, 4) is 5.75 Å². The Morgan fingerprint density at radius 2 is 1.90 bits per heavy atom. The Hall–Kier alpha value is -2.18. The molecule has 0 aromatic heterocycles. The molecule has 1 atom stereocenters. The average Bonchev–Trinajstić information content (AvgIpc) is 2.74. The van der Waals surface area contributed by atoms with Crippen LogP contribution in [0.1, 0.15) is 38.3 Å². The van der Waals surface area contributed by atoms with Crippen molar-refractivity contribution in [3.63, 3.8) is 0 Å². The number of rotatable bonds is 11. The van der Waals surface area contributed by atoms with E-state index in [1.54, 1.807) is 12.0 Å². The second-order valence-corrected chi connectivity index (χ2v) is 8.94. The highest BCUT2D eigenvalue weighted by Gasteiger charge is 2.29. The van der Waals surface area contributed by atoms with Gasteiger partial charge in [-0.3, -0.25) is 9.59 Å². The van der Waals surface area contributed by atoms with Gasteiger partial charge in [0.15, 0.2) is 0 Å². The number of halogens is 1. The van der Waals surface area contributed by atoms with Crippen LogP contribution in [-0.4, -0.2) is 41.7 Å². The number of methoxy groups -OCH3 is 1. The fourth-order valence-corrected chi connectivity index (χ4v) is 4.41. The van der Waals surface area contributed by atoms with Gasteiger partial charge in [-0.1, -0.05) is 48.9 Å². The summed E-state index contributed by atoms with van der Waals surface area (Å²) < 4.78 is 5.31. The molecule has 0 radical (unpaired) electrons. The molecular formula is C24H31ClN2O3S. The van der Waals surface area contributed by atoms with E-state index < -0.39 is 6.04 Å². The van der Waals surface area contributed by atoms with Gasteiger partial charge in [-0.2, -0.15) is 0 Å². The molecule has 2 rings (SSSR count). The van der Waals surface area contributed by atoms with Crippen molar-refractivity contribution in [2.24, 2.45) is 0 Å². The first-order valence-electron chi connectivity index (χ1n) is 10.4. The molecule has 0 spiro atoms. The maximum atomic E-state index is 13.2. The van der Waals surface area contributed by atoms with Crippen LogP contribution in [0, 0.1) is 0 Å². The molecule has 0 saturated carbocycles. The number of hydrogen-bond donors (Lipinski definition) is 1. The molecule has 0 fully saturated rings. The summed E-state index contributed by atoms with van der Waals surface area (Å²) in [5.74, 6) is 1.40. The normalized spacial score (nSPS) is 11.8. The van der Waals surface area contributed by atoms with Crippen molar-refractivity contribution in [2.75, 3.05) is 12.9 Å². The quantitative estimate of drug-likeness (QED) is 0.515. The van der Waals surface area contributed by atoms with E-state index in [-0.39, 0.29) is 23.6 Å². The fourth-order valence-electron chi connectivity index (χ4n) is 3.21. The Bertz CT molecular complexity index is 875. The molecule has 0 heterocycles. The van der Waals surface area contributed by atoms with E-state index in [4.69, 9.17) is 16.3 Å². The lowest BCUT2D eigenvalue weighted by Crippen LogP contribution is -2.50. The topological polar surface area (TPSA) is 58.6 Å². The predicted molar refractivity (Wildman–Crippen MR) is 129 cm³/mol. The van der Waals surface area contributed by atoms with Gasteiger partial charge in [0.2, 0.25) is 11.8 Å². The highest BCUT2D eigenvalue weighted by molar-refractivity contribution is 7.99. The molecule has 7 heteroatoms. The second-order valence-electron chi connectivity index (χ2n) is 7.54. The minimum atomic E-state index is -0.540. The lowest BCUT2D eigenvalue weighted by atomic mass is 10.1. The molecule has 2 aromatic rings. The third-order valence-corrected chi connectivity index (χ3v) is 6.08. The molecule has 1 N–H and O–H groups in total. The molecule has 2 amide bonds. The summed E-state index contributed by atoms with van der Waals surface area (Å²) in [4.78, 5) is 27.7. The van der Waals surface area contributed by atoms with Crippen LogP contribution < -0.4 is 10.1 Å². The van der Waals surface area contributed by atoms with E-state index >= 15 is 0 Å². The smallest absolute Gasteiger partial charge is 0.243 e. The number of hydrogen-bond acceptors (Lipinski definition) is 4. The number of carbonyl (C=O) groups excluding carboxylic acids is 2. The van der Waals surface area contributed by atoms with Crippen LogP contribution in [0.15, 0.2) is 48.5 Å². The van der Waals surface area contributed by atoms with Gasteiger partial charge in [-0.05, 0) is 49.6 Å². The summed E-state index contributed by atoms with van der Waals surface area (Å²) >= 11 is 7.72. The molecule has 5 nitrogen and oxygen atoms in total. The van der Waals surface area contributed by atoms with Gasteiger partial charge in [0.1, 0.15) is 11.8 Å². The first-order valence-corrected chi connectivity index (χ1v) is 11.9. The van der Waals surface area contributed by atoms with Crippen LogP contribution in [0.25, 0.3) is 0 Å². The number of amides is 2. The highest BCUT2D eigenvalue weighted by atomic mass is 35.5. The average molecular weight is 463 g/mol. The second kappa shape index (κ2) is 12.6. The van der Waals surface area contributed by atoms with Gasteiger partial charge in [0.05, 0.1) is 12.9 Å². The summed E-state index contributed by atoms with van der Waals surface area (Å²) in [7, 11) is 1.61. The lowest BCUT2D eigenvalue weighted by Gasteiger charge is -2.31. The van der Waals surface area contributed by atoms with Crippen LogP contribution in [0.2, 0.25) is 5.02 Å². The number of ether oxygens (including phenoxy) is 1. The van der Waals surface area contributed by atoms with Crippen LogP contribution in [0.4, 0.5) is 0 Å². The van der Waals surface area contributed by atoms with Crippen molar-refractivity contribution < 1.29 is 14.3 Å². The molecule has 0 aliphatic carbocycles. The minimum absolute atomic E-state index is 0.00455. The first-order chi connectivity index (χ1) is 14.8. The number of nitrogens with one attached hydrogen (secondary N) is 1. The Kier molecular flexibility index (Phi) is 10.2. The summed E-state index contributed by atoms with van der Waals surface area (Å²) in [5, 5.41) is 3.64. The molecule has 168 valence electrons. The largest absolute Gasteiger partial charge is 0.497 e. The van der Waals surface area contributed by atoms with Crippen LogP contribution in [0.5, 0.6) is 5.75 Å². The Morgan fingerprint density at radius 1 is 1.16 bits per heavy atom. The van der Waals surface area contributed by atoms with E-state index in [2.05, 4.69) is 5.32 Å². The van der Waals surface area contributed by atoms with Crippen molar-refractivity contribution in [1.82, 2.24) is 10.2 Å². The fraction of sp³-hybridized carbons (Fsp3) is 0.417. The predicted octanol–water partition coefficient (Wildman–Crippen LogP) is 4.91. The van der Waals surface area contributed by atoms with Crippen molar-refractivity contribution in [2.45, 2.75) is 51.6 Å². The zero-order valence-electron chi connectivity index (χ0n) is 18.6. The Labute approximate surface area is 194 Å². The highest BCUT2D eigenvalue weighted by Crippen LogP contribution is 2.22. The van der Waals surface area contributed by atoms with Crippen molar-refractivity contribution in [3.05, 3.63) is 64.7 Å². The van der Waals surface area contributed by atoms with Gasteiger partial charge in [-0.25, -0.2) is 0 Å². The zero-order chi connectivity index (χ0) is 22.8. The zero-order valence-corrected chi connectivity index (χ0v) is 20.1. The van der Waals surface area contributed by atoms with E-state index in [1.807, 2.05) is 69.3 Å². The maximum absolute atomic E-state index is 13.2. The van der Waals surface area contributed by atoms with Crippen molar-refractivity contribution in [1.29, 1.82) is 0 Å². The standard InChI is InChI=1S/C24H31ClN2O3S/c1-5-22(24(29)26-17(2)3)27(14-18-9-8-11-20(13-18)30-4)23(28)16-31-15-19-10-6-7-12-21(19)25/h6-13,17,22H,5,14-16H2,1-4H3,(H,26,29)/t22-/m1/s1. The third kappa shape index (κ3) is 7.78. The molecule has 0 aliphatic heterocycles. The molecule has 0 aliphatic rings. The van der Waals surface area contributed by atoms with Gasteiger partial charge in [0, 0.05) is 23.4 Å². The van der Waals surface area contributed by atoms with E-state index in [0.29, 0.717) is 23.7 Å². The van der Waals surface area contributed by atoms with Crippen LogP contribution in [0.3, 0.4) is 0 Å². The van der Waals surface area contributed by atoms with Gasteiger partial charge >= 0.3 is 0 Å². The Balaban J connectivity index is 2.17. The monoisotopic (exact) mass is 462 g/mol. The molecule has 31 heavy (non-hydrogen) atoms. The lowest BCUT2D eigenvalue weighted by molar-refractivity contribution is -0.139. The van der Waals surface area contributed by atoms with Gasteiger partial charge in [0.25, 0.3) is 0 Å². The maximum Gasteiger partial charge on any atom is 0.243 e. The first kappa shape index (κ1) is 25.1. The van der Waals surface area contributed by atoms with Gasteiger partial charge in [-0.15, -0.1) is 11.8 Å². The van der Waals surface area contributed by atoms with Crippen molar-refractivity contribution >= 4 is 35.2 Å². The van der Waals surface area contributed by atoms with E-state index in [1.165, 1.54) is 11.8 Å².